The molecule has 1 amide bonds. The van der Waals surface area contributed by atoms with Crippen LogP contribution in [0.4, 0.5) is 4.39 Å². The maximum Gasteiger partial charge on any atom is 0.336 e. The van der Waals surface area contributed by atoms with E-state index in [4.69, 9.17) is 18.9 Å². The molecule has 296 valence electrons. The zero-order valence-electron chi connectivity index (χ0n) is 32.4. The highest BCUT2D eigenvalue weighted by Gasteiger charge is 2.47. The molecule has 0 aromatic heterocycles. The molecule has 1 aliphatic heterocycles. The van der Waals surface area contributed by atoms with Crippen LogP contribution in [0.5, 0.6) is 5.75 Å². The monoisotopic (exact) mass is 735 g/mol. The molecule has 1 fully saturated rings. The minimum atomic E-state index is -2.72. The lowest BCUT2D eigenvalue weighted by Gasteiger charge is -2.31. The Morgan fingerprint density at radius 3 is 2.08 bits per heavy atom. The first-order valence-corrected chi connectivity index (χ1v) is 19.5. The van der Waals surface area contributed by atoms with Crippen LogP contribution in [0, 0.1) is 5.92 Å². The van der Waals surface area contributed by atoms with Crippen LogP contribution in [0.15, 0.2) is 36.4 Å². The second kappa shape index (κ2) is 23.6. The van der Waals surface area contributed by atoms with E-state index in [1.165, 1.54) is 31.8 Å². The first-order chi connectivity index (χ1) is 24.8. The molecule has 52 heavy (non-hydrogen) atoms. The molecule has 1 aliphatic rings. The van der Waals surface area contributed by atoms with Crippen molar-refractivity contribution in [3.63, 3.8) is 0 Å². The van der Waals surface area contributed by atoms with Gasteiger partial charge in [-0.1, -0.05) is 83.1 Å². The van der Waals surface area contributed by atoms with Crippen LogP contribution in [0.1, 0.15) is 136 Å². The number of unbranched alkanes of at least 4 members (excludes halogenated alkanes) is 9. The number of allylic oxidation sites excluding steroid dienone is 1. The number of ether oxygens (including phenoxy) is 4. The summed E-state index contributed by atoms with van der Waals surface area (Å²) in [5, 5.41) is 23.8. The van der Waals surface area contributed by atoms with E-state index in [0.717, 1.165) is 57.8 Å². The van der Waals surface area contributed by atoms with E-state index in [0.29, 0.717) is 37.6 Å². The second-order valence-corrected chi connectivity index (χ2v) is 14.9. The summed E-state index contributed by atoms with van der Waals surface area (Å²) < 4.78 is 37.0. The summed E-state index contributed by atoms with van der Waals surface area (Å²) in [4.78, 5) is 39.4. The third kappa shape index (κ3) is 16.3. The highest BCUT2D eigenvalue weighted by molar-refractivity contribution is 5.93. The van der Waals surface area contributed by atoms with Gasteiger partial charge in [-0.15, -0.1) is 0 Å². The normalized spacial score (nSPS) is 16.7. The summed E-state index contributed by atoms with van der Waals surface area (Å²) in [5.74, 6) is -4.82. The van der Waals surface area contributed by atoms with Crippen LogP contribution >= 0.6 is 0 Å². The summed E-state index contributed by atoms with van der Waals surface area (Å²) >= 11 is 0. The molecule has 3 N–H and O–H groups in total. The van der Waals surface area contributed by atoms with Crippen LogP contribution in [-0.2, 0) is 35.0 Å². The third-order valence-electron chi connectivity index (χ3n) is 9.26. The van der Waals surface area contributed by atoms with Crippen molar-refractivity contribution < 1.29 is 47.9 Å². The van der Waals surface area contributed by atoms with Gasteiger partial charge in [0.05, 0.1) is 32.4 Å². The Morgan fingerprint density at radius 2 is 1.52 bits per heavy atom. The fourth-order valence-electron chi connectivity index (χ4n) is 6.27. The van der Waals surface area contributed by atoms with Crippen molar-refractivity contribution in [2.75, 3.05) is 26.5 Å². The van der Waals surface area contributed by atoms with Crippen molar-refractivity contribution >= 4 is 17.8 Å². The van der Waals surface area contributed by atoms with Gasteiger partial charge in [0, 0.05) is 25.7 Å². The molecule has 0 saturated carbocycles. The summed E-state index contributed by atoms with van der Waals surface area (Å²) in [5.41, 5.74) is -2.89. The number of carboxylic acid groups (broad SMARTS) is 1. The highest BCUT2D eigenvalue weighted by atomic mass is 19.1. The van der Waals surface area contributed by atoms with Gasteiger partial charge in [0.1, 0.15) is 17.4 Å². The number of halogens is 1. The number of aliphatic hydroxyl groups is 1. The van der Waals surface area contributed by atoms with E-state index in [9.17, 15) is 29.0 Å². The Balaban J connectivity index is 2.08. The van der Waals surface area contributed by atoms with Crippen molar-refractivity contribution in [2.45, 2.75) is 160 Å². The lowest BCUT2D eigenvalue weighted by atomic mass is 9.83. The number of amides is 1. The molecule has 1 heterocycles. The van der Waals surface area contributed by atoms with Gasteiger partial charge in [-0.25, -0.2) is 9.59 Å². The number of hydrogen-bond donors (Lipinski definition) is 3. The molecule has 1 aromatic carbocycles. The average molecular weight is 736 g/mol. The molecule has 0 unspecified atom stereocenters. The minimum Gasteiger partial charge on any atom is -0.494 e. The molecular weight excluding hydrogens is 669 g/mol. The van der Waals surface area contributed by atoms with Crippen molar-refractivity contribution in [3.05, 3.63) is 42.0 Å². The average Bonchev–Trinajstić information content (AvgIpc) is 3.56. The highest BCUT2D eigenvalue weighted by Crippen LogP contribution is 2.32. The van der Waals surface area contributed by atoms with Gasteiger partial charge in [0.25, 0.3) is 0 Å². The number of hydrogen-bond acceptors (Lipinski definition) is 8. The number of aliphatic carboxylic acids is 1. The van der Waals surface area contributed by atoms with E-state index in [1.807, 2.05) is 0 Å². The van der Waals surface area contributed by atoms with Gasteiger partial charge >= 0.3 is 11.9 Å². The fourth-order valence-corrected chi connectivity index (χ4v) is 6.27. The molecule has 0 aliphatic carbocycles. The Kier molecular flexibility index (Phi) is 20.5. The molecule has 11 heteroatoms. The van der Waals surface area contributed by atoms with Crippen LogP contribution in [0.2, 0.25) is 0 Å². The molecule has 0 bridgehead atoms. The third-order valence-corrected chi connectivity index (χ3v) is 9.26. The van der Waals surface area contributed by atoms with E-state index in [-0.39, 0.29) is 6.42 Å². The van der Waals surface area contributed by atoms with Crippen molar-refractivity contribution in [2.24, 2.45) is 5.92 Å². The van der Waals surface area contributed by atoms with Crippen LogP contribution in [0.25, 0.3) is 0 Å². The molecule has 3 atom stereocenters. The summed E-state index contributed by atoms with van der Waals surface area (Å²) in [6, 6.07) is 5.91. The SMILES string of the molecule is CCCCCCCC1(CCCCCCC=C[C@H](C(=O)N[C@@H](Cc2ccc(OCCCC)cc2)C(=O)OC(C)(C)C)[C@@](O)(CCF)C(=O)O)OCCO1. The largest absolute Gasteiger partial charge is 0.494 e. The van der Waals surface area contributed by atoms with Gasteiger partial charge in [-0.3, -0.25) is 9.18 Å². The van der Waals surface area contributed by atoms with Gasteiger partial charge < -0.3 is 34.5 Å². The zero-order valence-corrected chi connectivity index (χ0v) is 32.4. The number of esters is 1. The number of alkyl halides is 1. The van der Waals surface area contributed by atoms with E-state index < -0.39 is 59.9 Å². The Hall–Kier alpha value is -3.02. The molecule has 10 nitrogen and oxygen atoms in total. The Morgan fingerprint density at radius 1 is 0.923 bits per heavy atom. The van der Waals surface area contributed by atoms with Gasteiger partial charge in [-0.2, -0.15) is 0 Å². The van der Waals surface area contributed by atoms with Crippen molar-refractivity contribution in [1.82, 2.24) is 5.32 Å². The van der Waals surface area contributed by atoms with Crippen molar-refractivity contribution in [1.29, 1.82) is 0 Å². The van der Waals surface area contributed by atoms with Crippen LogP contribution in [0.3, 0.4) is 0 Å². The zero-order chi connectivity index (χ0) is 38.5. The molecule has 0 radical (unpaired) electrons. The summed E-state index contributed by atoms with van der Waals surface area (Å²) in [6.07, 6.45) is 15.9. The first-order valence-electron chi connectivity index (χ1n) is 19.5. The summed E-state index contributed by atoms with van der Waals surface area (Å²) in [6.45, 7) is 10.1. The van der Waals surface area contributed by atoms with Gasteiger partial charge in [-0.05, 0) is 70.6 Å². The molecule has 0 spiro atoms. The van der Waals surface area contributed by atoms with Gasteiger partial charge in [0.15, 0.2) is 11.4 Å². The molecular formula is C41H66FNO9. The minimum absolute atomic E-state index is 0.0389. The summed E-state index contributed by atoms with van der Waals surface area (Å²) in [7, 11) is 0. The number of carbonyl (C=O) groups excluding carboxylic acids is 2. The fraction of sp³-hybridized carbons (Fsp3) is 0.732. The Bertz CT molecular complexity index is 1210. The molecule has 2 rings (SSSR count). The van der Waals surface area contributed by atoms with Crippen molar-refractivity contribution in [3.8, 4) is 5.75 Å². The number of carbonyl (C=O) groups is 3. The number of nitrogens with one attached hydrogen (secondary N) is 1. The predicted molar refractivity (Wildman–Crippen MR) is 200 cm³/mol. The van der Waals surface area contributed by atoms with Crippen LogP contribution in [-0.4, -0.2) is 77.6 Å². The number of rotatable bonds is 27. The predicted octanol–water partition coefficient (Wildman–Crippen LogP) is 8.03. The first kappa shape index (κ1) is 45.1. The van der Waals surface area contributed by atoms with Crippen LogP contribution < -0.4 is 10.1 Å². The van der Waals surface area contributed by atoms with E-state index in [1.54, 1.807) is 51.1 Å². The smallest absolute Gasteiger partial charge is 0.336 e. The maximum absolute atomic E-state index is 13.8. The lowest BCUT2D eigenvalue weighted by Crippen LogP contribution is -2.55. The standard InChI is InChI=1S/C41H66FNO9/c1-6-8-10-14-17-24-40(50-29-30-51-40)25-18-15-12-11-13-16-19-34(41(48,26-27-42)38(46)47)36(44)43-35(37(45)52-39(3,4)5)31-32-20-22-33(23-21-32)49-28-9-7-2/h16,19-23,34-35,48H,6-15,17-18,24-31H2,1-5H3,(H,43,44)(H,46,47)/t34-,35+,41+/m1/s1. The lowest BCUT2D eigenvalue weighted by molar-refractivity contribution is -0.169. The number of benzene rings is 1. The molecule has 1 aromatic rings. The molecule has 1 saturated heterocycles. The quantitative estimate of drug-likeness (QED) is 0.0465. The van der Waals surface area contributed by atoms with E-state index in [2.05, 4.69) is 19.2 Å². The van der Waals surface area contributed by atoms with Gasteiger partial charge in [0.2, 0.25) is 5.91 Å². The topological polar surface area (TPSA) is 141 Å². The maximum atomic E-state index is 13.8. The van der Waals surface area contributed by atoms with E-state index >= 15 is 0 Å². The Labute approximate surface area is 311 Å². The second-order valence-electron chi connectivity index (χ2n) is 14.9. The number of carboxylic acids is 1.